The van der Waals surface area contributed by atoms with Gasteiger partial charge < -0.3 is 4.74 Å². The fourth-order valence-electron chi connectivity index (χ4n) is 1.94. The molecule has 1 unspecified atom stereocenters. The van der Waals surface area contributed by atoms with Crippen molar-refractivity contribution in [3.63, 3.8) is 0 Å². The summed E-state index contributed by atoms with van der Waals surface area (Å²) in [5.41, 5.74) is 1.44. The van der Waals surface area contributed by atoms with Crippen molar-refractivity contribution in [1.82, 2.24) is 0 Å². The summed E-state index contributed by atoms with van der Waals surface area (Å²) in [5.74, 6) is 1.62. The van der Waals surface area contributed by atoms with E-state index in [4.69, 9.17) is 4.74 Å². The highest BCUT2D eigenvalue weighted by Gasteiger charge is 2.16. The molecule has 1 aliphatic rings. The Bertz CT molecular complexity index is 193. The van der Waals surface area contributed by atoms with Gasteiger partial charge in [-0.1, -0.05) is 25.2 Å². The van der Waals surface area contributed by atoms with E-state index < -0.39 is 0 Å². The van der Waals surface area contributed by atoms with Crippen molar-refractivity contribution in [2.45, 2.75) is 38.5 Å². The quantitative estimate of drug-likeness (QED) is 0.474. The first kappa shape index (κ1) is 10.4. The number of rotatable bonds is 4. The van der Waals surface area contributed by atoms with Crippen LogP contribution in [-0.2, 0) is 4.74 Å². The molecule has 1 aliphatic carbocycles. The first-order chi connectivity index (χ1) is 6.24. The van der Waals surface area contributed by atoms with Crippen molar-refractivity contribution in [3.05, 3.63) is 24.5 Å². The smallest absolute Gasteiger partial charge is 0.0884 e. The zero-order valence-corrected chi connectivity index (χ0v) is 8.64. The van der Waals surface area contributed by atoms with Gasteiger partial charge in [0, 0.05) is 6.42 Å². The molecule has 0 N–H and O–H groups in total. The fraction of sp³-hybridized carbons (Fsp3) is 0.667. The molecule has 0 heterocycles. The van der Waals surface area contributed by atoms with Crippen LogP contribution in [0.15, 0.2) is 24.5 Å². The van der Waals surface area contributed by atoms with Crippen LogP contribution in [-0.4, -0.2) is 7.11 Å². The van der Waals surface area contributed by atoms with Crippen molar-refractivity contribution < 1.29 is 4.74 Å². The van der Waals surface area contributed by atoms with Gasteiger partial charge in [-0.3, -0.25) is 0 Å². The van der Waals surface area contributed by atoms with E-state index in [0.29, 0.717) is 0 Å². The van der Waals surface area contributed by atoms with Gasteiger partial charge in [-0.05, 0) is 31.6 Å². The molecule has 0 aromatic carbocycles. The van der Waals surface area contributed by atoms with Crippen molar-refractivity contribution in [2.24, 2.45) is 5.92 Å². The standard InChI is InChI=1S/C12H20O/c1-10-6-4-5-7-12(10)9-8-11(2)13-3/h12H,1-2,4-9H2,3H3. The second kappa shape index (κ2) is 5.11. The van der Waals surface area contributed by atoms with E-state index in [1.165, 1.54) is 37.7 Å². The van der Waals surface area contributed by atoms with Gasteiger partial charge in [-0.15, -0.1) is 0 Å². The molecule has 0 aromatic rings. The van der Waals surface area contributed by atoms with Gasteiger partial charge in [-0.25, -0.2) is 0 Å². The van der Waals surface area contributed by atoms with Gasteiger partial charge in [0.25, 0.3) is 0 Å². The number of ether oxygens (including phenoxy) is 1. The number of methoxy groups -OCH3 is 1. The molecule has 1 heteroatoms. The summed E-state index contributed by atoms with van der Waals surface area (Å²) in [6, 6.07) is 0. The molecule has 1 atom stereocenters. The Labute approximate surface area is 81.5 Å². The minimum atomic E-state index is 0.723. The van der Waals surface area contributed by atoms with Gasteiger partial charge in [0.05, 0.1) is 12.9 Å². The summed E-state index contributed by atoms with van der Waals surface area (Å²) in [7, 11) is 1.69. The Morgan fingerprint density at radius 1 is 1.54 bits per heavy atom. The molecule has 1 fully saturated rings. The van der Waals surface area contributed by atoms with Gasteiger partial charge in [0.1, 0.15) is 0 Å². The summed E-state index contributed by atoms with van der Waals surface area (Å²) in [4.78, 5) is 0. The second-order valence-corrected chi connectivity index (χ2v) is 3.88. The molecular weight excluding hydrogens is 160 g/mol. The number of hydrogen-bond donors (Lipinski definition) is 0. The lowest BCUT2D eigenvalue weighted by atomic mass is 9.82. The highest BCUT2D eigenvalue weighted by molar-refractivity contribution is 5.04. The maximum atomic E-state index is 5.05. The van der Waals surface area contributed by atoms with Crippen LogP contribution in [0, 0.1) is 5.92 Å². The molecule has 1 nitrogen and oxygen atoms in total. The maximum Gasteiger partial charge on any atom is 0.0884 e. The van der Waals surface area contributed by atoms with Gasteiger partial charge >= 0.3 is 0 Å². The van der Waals surface area contributed by atoms with Crippen LogP contribution >= 0.6 is 0 Å². The Morgan fingerprint density at radius 3 is 2.92 bits per heavy atom. The van der Waals surface area contributed by atoms with E-state index in [0.717, 1.165) is 18.1 Å². The van der Waals surface area contributed by atoms with Crippen molar-refractivity contribution >= 4 is 0 Å². The highest BCUT2D eigenvalue weighted by Crippen LogP contribution is 2.31. The largest absolute Gasteiger partial charge is 0.502 e. The van der Waals surface area contributed by atoms with Crippen LogP contribution in [0.1, 0.15) is 38.5 Å². The van der Waals surface area contributed by atoms with E-state index >= 15 is 0 Å². The maximum absolute atomic E-state index is 5.05. The monoisotopic (exact) mass is 180 g/mol. The Morgan fingerprint density at radius 2 is 2.31 bits per heavy atom. The average Bonchev–Trinajstić information content (AvgIpc) is 2.16. The molecule has 0 radical (unpaired) electrons. The third-order valence-electron chi connectivity index (χ3n) is 2.94. The van der Waals surface area contributed by atoms with E-state index in [1.807, 2.05) is 0 Å². The van der Waals surface area contributed by atoms with Crippen molar-refractivity contribution in [2.75, 3.05) is 7.11 Å². The first-order valence-corrected chi connectivity index (χ1v) is 5.13. The third-order valence-corrected chi connectivity index (χ3v) is 2.94. The molecule has 0 amide bonds. The zero-order valence-electron chi connectivity index (χ0n) is 8.64. The van der Waals surface area contributed by atoms with E-state index in [1.54, 1.807) is 7.11 Å². The molecular formula is C12H20O. The second-order valence-electron chi connectivity index (χ2n) is 3.88. The molecule has 0 aliphatic heterocycles. The molecule has 0 saturated heterocycles. The molecule has 1 rings (SSSR count). The highest BCUT2D eigenvalue weighted by atomic mass is 16.5. The topological polar surface area (TPSA) is 9.23 Å². The Kier molecular flexibility index (Phi) is 4.07. The lowest BCUT2D eigenvalue weighted by Crippen LogP contribution is -2.09. The lowest BCUT2D eigenvalue weighted by Gasteiger charge is -2.24. The van der Waals surface area contributed by atoms with Gasteiger partial charge in [-0.2, -0.15) is 0 Å². The van der Waals surface area contributed by atoms with E-state index in [9.17, 15) is 0 Å². The average molecular weight is 180 g/mol. The molecule has 74 valence electrons. The summed E-state index contributed by atoms with van der Waals surface area (Å²) in [6.07, 6.45) is 7.40. The van der Waals surface area contributed by atoms with E-state index in [2.05, 4.69) is 13.2 Å². The Balaban J connectivity index is 2.26. The fourth-order valence-corrected chi connectivity index (χ4v) is 1.94. The Hall–Kier alpha value is -0.720. The first-order valence-electron chi connectivity index (χ1n) is 5.13. The van der Waals surface area contributed by atoms with Crippen molar-refractivity contribution in [3.8, 4) is 0 Å². The van der Waals surface area contributed by atoms with Crippen LogP contribution in [0.25, 0.3) is 0 Å². The predicted molar refractivity (Wildman–Crippen MR) is 56.5 cm³/mol. The SMILES string of the molecule is C=C(CCC1CCCCC1=C)OC. The van der Waals surface area contributed by atoms with Crippen LogP contribution in [0.4, 0.5) is 0 Å². The summed E-state index contributed by atoms with van der Waals surface area (Å²) in [6.45, 7) is 7.96. The van der Waals surface area contributed by atoms with E-state index in [-0.39, 0.29) is 0 Å². The van der Waals surface area contributed by atoms with Crippen LogP contribution < -0.4 is 0 Å². The zero-order chi connectivity index (χ0) is 9.68. The molecule has 0 spiro atoms. The lowest BCUT2D eigenvalue weighted by molar-refractivity contribution is 0.268. The van der Waals surface area contributed by atoms with Gasteiger partial charge in [0.2, 0.25) is 0 Å². The minimum absolute atomic E-state index is 0.723. The van der Waals surface area contributed by atoms with Crippen LogP contribution in [0.3, 0.4) is 0 Å². The molecule has 13 heavy (non-hydrogen) atoms. The predicted octanol–water partition coefficient (Wildman–Crippen LogP) is 3.67. The third kappa shape index (κ3) is 3.25. The van der Waals surface area contributed by atoms with Crippen molar-refractivity contribution in [1.29, 1.82) is 0 Å². The van der Waals surface area contributed by atoms with Gasteiger partial charge in [0.15, 0.2) is 0 Å². The molecule has 1 saturated carbocycles. The number of allylic oxidation sites excluding steroid dienone is 2. The normalized spacial score (nSPS) is 22.8. The summed E-state index contributed by atoms with van der Waals surface area (Å²) >= 11 is 0. The van der Waals surface area contributed by atoms with Crippen LogP contribution in [0.5, 0.6) is 0 Å². The molecule has 0 aromatic heterocycles. The van der Waals surface area contributed by atoms with Crippen LogP contribution in [0.2, 0.25) is 0 Å². The summed E-state index contributed by atoms with van der Waals surface area (Å²) < 4.78 is 5.05. The minimum Gasteiger partial charge on any atom is -0.502 e. The molecule has 0 bridgehead atoms. The summed E-state index contributed by atoms with van der Waals surface area (Å²) in [5, 5.41) is 0. The number of hydrogen-bond acceptors (Lipinski definition) is 1.